The number of amides is 2. The molecule has 1 aromatic rings. The Morgan fingerprint density at radius 2 is 1.87 bits per heavy atom. The Morgan fingerprint density at radius 3 is 2.52 bits per heavy atom. The Balaban J connectivity index is 1.37. The lowest BCUT2D eigenvalue weighted by molar-refractivity contribution is 0.187. The highest BCUT2D eigenvalue weighted by atomic mass is 16.2. The highest BCUT2D eigenvalue weighted by molar-refractivity contribution is 5.75. The third kappa shape index (κ3) is 5.10. The number of nitrogens with one attached hydrogen (secondary N) is 2. The SMILES string of the molecule is C/C(=C\NC(=O)NC1CCN(Cc2ccccc2)CC1)C1CC1. The second-order valence-corrected chi connectivity index (χ2v) is 6.82. The first-order chi connectivity index (χ1) is 11.2. The molecule has 124 valence electrons. The van der Waals surface area contributed by atoms with Gasteiger partial charge in [-0.1, -0.05) is 35.9 Å². The molecule has 4 heteroatoms. The number of carbonyl (C=O) groups excluding carboxylic acids is 1. The predicted molar refractivity (Wildman–Crippen MR) is 92.9 cm³/mol. The molecule has 2 fully saturated rings. The molecular weight excluding hydrogens is 286 g/mol. The average molecular weight is 313 g/mol. The maximum absolute atomic E-state index is 12.0. The molecule has 4 nitrogen and oxygen atoms in total. The van der Waals surface area contributed by atoms with Gasteiger partial charge in [0, 0.05) is 31.9 Å². The monoisotopic (exact) mass is 313 g/mol. The molecule has 0 bridgehead atoms. The number of likely N-dealkylation sites (tertiary alicyclic amines) is 1. The maximum Gasteiger partial charge on any atom is 0.318 e. The van der Waals surface area contributed by atoms with Gasteiger partial charge in [-0.2, -0.15) is 0 Å². The van der Waals surface area contributed by atoms with Crippen LogP contribution in [0.4, 0.5) is 4.79 Å². The van der Waals surface area contributed by atoms with Crippen LogP contribution in [-0.4, -0.2) is 30.1 Å². The van der Waals surface area contributed by atoms with Gasteiger partial charge in [-0.15, -0.1) is 0 Å². The molecule has 0 radical (unpaired) electrons. The van der Waals surface area contributed by atoms with E-state index in [1.807, 2.05) is 6.20 Å². The first-order valence-electron chi connectivity index (χ1n) is 8.70. The van der Waals surface area contributed by atoms with Crippen LogP contribution in [0.2, 0.25) is 0 Å². The lowest BCUT2D eigenvalue weighted by Gasteiger charge is -2.32. The first kappa shape index (κ1) is 16.1. The van der Waals surface area contributed by atoms with Gasteiger partial charge in [-0.25, -0.2) is 4.79 Å². The summed E-state index contributed by atoms with van der Waals surface area (Å²) in [5.41, 5.74) is 2.65. The van der Waals surface area contributed by atoms with Crippen molar-refractivity contribution in [3.05, 3.63) is 47.7 Å². The summed E-state index contributed by atoms with van der Waals surface area (Å²) in [7, 11) is 0. The van der Waals surface area contributed by atoms with E-state index in [1.165, 1.54) is 24.0 Å². The van der Waals surface area contributed by atoms with Crippen LogP contribution in [-0.2, 0) is 6.54 Å². The number of urea groups is 1. The molecule has 1 aliphatic carbocycles. The van der Waals surface area contributed by atoms with Crippen molar-refractivity contribution in [1.29, 1.82) is 0 Å². The Bertz CT molecular complexity index is 543. The standard InChI is InChI=1S/C19H27N3O/c1-15(17-7-8-17)13-20-19(23)21-18-9-11-22(12-10-18)14-16-5-3-2-4-6-16/h2-6,13,17-18H,7-12,14H2,1H3,(H2,20,21,23)/b15-13+. The van der Waals surface area contributed by atoms with Crippen molar-refractivity contribution in [3.63, 3.8) is 0 Å². The zero-order valence-corrected chi connectivity index (χ0v) is 13.9. The fourth-order valence-corrected chi connectivity index (χ4v) is 3.14. The molecule has 2 amide bonds. The van der Waals surface area contributed by atoms with Crippen molar-refractivity contribution in [1.82, 2.24) is 15.5 Å². The molecule has 0 spiro atoms. The number of hydrogen-bond donors (Lipinski definition) is 2. The summed E-state index contributed by atoms with van der Waals surface area (Å²) >= 11 is 0. The minimum atomic E-state index is -0.0634. The minimum absolute atomic E-state index is 0.0634. The molecule has 3 rings (SSSR count). The zero-order valence-electron chi connectivity index (χ0n) is 13.9. The van der Waals surface area contributed by atoms with E-state index < -0.39 is 0 Å². The zero-order chi connectivity index (χ0) is 16.1. The van der Waals surface area contributed by atoms with E-state index in [9.17, 15) is 4.79 Å². The Labute approximate surface area is 138 Å². The van der Waals surface area contributed by atoms with Gasteiger partial charge in [0.2, 0.25) is 0 Å². The number of hydrogen-bond acceptors (Lipinski definition) is 2. The van der Waals surface area contributed by atoms with Gasteiger partial charge < -0.3 is 10.6 Å². The lowest BCUT2D eigenvalue weighted by atomic mass is 10.0. The van der Waals surface area contributed by atoms with Crippen LogP contribution in [0.15, 0.2) is 42.1 Å². The average Bonchev–Trinajstić information content (AvgIpc) is 3.40. The van der Waals surface area contributed by atoms with Gasteiger partial charge >= 0.3 is 6.03 Å². The number of carbonyl (C=O) groups is 1. The number of benzene rings is 1. The van der Waals surface area contributed by atoms with Crippen LogP contribution in [0.25, 0.3) is 0 Å². The van der Waals surface area contributed by atoms with Gasteiger partial charge in [0.05, 0.1) is 0 Å². The van der Waals surface area contributed by atoms with Crippen LogP contribution in [0, 0.1) is 5.92 Å². The largest absolute Gasteiger partial charge is 0.335 e. The molecule has 0 aromatic heterocycles. The van der Waals surface area contributed by atoms with Crippen LogP contribution in [0.5, 0.6) is 0 Å². The summed E-state index contributed by atoms with van der Waals surface area (Å²) in [4.78, 5) is 14.4. The third-order valence-corrected chi connectivity index (χ3v) is 4.82. The van der Waals surface area contributed by atoms with E-state index in [1.54, 1.807) is 0 Å². The number of piperidine rings is 1. The van der Waals surface area contributed by atoms with E-state index in [-0.39, 0.29) is 12.1 Å². The quantitative estimate of drug-likeness (QED) is 0.876. The van der Waals surface area contributed by atoms with Crippen LogP contribution >= 0.6 is 0 Å². The molecule has 0 atom stereocenters. The van der Waals surface area contributed by atoms with E-state index in [0.29, 0.717) is 5.92 Å². The molecule has 1 aliphatic heterocycles. The van der Waals surface area contributed by atoms with Crippen molar-refractivity contribution in [3.8, 4) is 0 Å². The first-order valence-corrected chi connectivity index (χ1v) is 8.70. The van der Waals surface area contributed by atoms with E-state index in [4.69, 9.17) is 0 Å². The molecule has 1 saturated heterocycles. The van der Waals surface area contributed by atoms with Crippen molar-refractivity contribution < 1.29 is 4.79 Å². The molecule has 1 aromatic carbocycles. The van der Waals surface area contributed by atoms with E-state index >= 15 is 0 Å². The molecular formula is C19H27N3O. The molecule has 0 unspecified atom stereocenters. The highest BCUT2D eigenvalue weighted by Crippen LogP contribution is 2.35. The van der Waals surface area contributed by atoms with Crippen molar-refractivity contribution >= 4 is 6.03 Å². The summed E-state index contributed by atoms with van der Waals surface area (Å²) in [6.07, 6.45) is 6.45. The molecule has 2 aliphatic rings. The summed E-state index contributed by atoms with van der Waals surface area (Å²) in [5, 5.41) is 5.97. The lowest BCUT2D eigenvalue weighted by Crippen LogP contribution is -2.46. The van der Waals surface area contributed by atoms with Gasteiger partial charge in [0.15, 0.2) is 0 Å². The van der Waals surface area contributed by atoms with Crippen LogP contribution in [0.3, 0.4) is 0 Å². The fourth-order valence-electron chi connectivity index (χ4n) is 3.14. The van der Waals surface area contributed by atoms with Crippen molar-refractivity contribution in [2.45, 2.75) is 45.2 Å². The van der Waals surface area contributed by atoms with Crippen LogP contribution < -0.4 is 10.6 Å². The Morgan fingerprint density at radius 1 is 1.17 bits per heavy atom. The molecule has 23 heavy (non-hydrogen) atoms. The summed E-state index contributed by atoms with van der Waals surface area (Å²) in [6, 6.07) is 10.8. The van der Waals surface area contributed by atoms with E-state index in [2.05, 4.69) is 52.8 Å². The highest BCUT2D eigenvalue weighted by Gasteiger charge is 2.23. The second kappa shape index (κ2) is 7.64. The Kier molecular flexibility index (Phi) is 5.34. The summed E-state index contributed by atoms with van der Waals surface area (Å²) in [6.45, 7) is 5.18. The second-order valence-electron chi connectivity index (χ2n) is 6.82. The van der Waals surface area contributed by atoms with Gasteiger partial charge in [-0.3, -0.25) is 4.90 Å². The smallest absolute Gasteiger partial charge is 0.318 e. The summed E-state index contributed by atoms with van der Waals surface area (Å²) < 4.78 is 0. The maximum atomic E-state index is 12.0. The predicted octanol–water partition coefficient (Wildman–Crippen LogP) is 3.26. The molecule has 2 N–H and O–H groups in total. The van der Waals surface area contributed by atoms with E-state index in [0.717, 1.165) is 32.5 Å². The third-order valence-electron chi connectivity index (χ3n) is 4.82. The van der Waals surface area contributed by atoms with Crippen molar-refractivity contribution in [2.24, 2.45) is 5.92 Å². The van der Waals surface area contributed by atoms with Gasteiger partial charge in [-0.05, 0) is 44.1 Å². The van der Waals surface area contributed by atoms with Gasteiger partial charge in [0.25, 0.3) is 0 Å². The molecule has 1 heterocycles. The minimum Gasteiger partial charge on any atom is -0.335 e. The van der Waals surface area contributed by atoms with Crippen LogP contribution in [0.1, 0.15) is 38.2 Å². The number of rotatable bonds is 5. The fraction of sp³-hybridized carbons (Fsp3) is 0.526. The van der Waals surface area contributed by atoms with Gasteiger partial charge in [0.1, 0.15) is 0 Å². The topological polar surface area (TPSA) is 44.4 Å². The normalized spacial score (nSPS) is 20.3. The Hall–Kier alpha value is -1.81. The molecule has 1 saturated carbocycles. The summed E-state index contributed by atoms with van der Waals surface area (Å²) in [5.74, 6) is 0.705. The number of nitrogens with zero attached hydrogens (tertiary/aromatic N) is 1. The van der Waals surface area contributed by atoms with Crippen molar-refractivity contribution in [2.75, 3.05) is 13.1 Å². The number of allylic oxidation sites excluding steroid dienone is 1.